The van der Waals surface area contributed by atoms with Gasteiger partial charge in [0.1, 0.15) is 5.00 Å². The summed E-state index contributed by atoms with van der Waals surface area (Å²) in [5.74, 6) is -0.00271. The van der Waals surface area contributed by atoms with Crippen molar-refractivity contribution in [2.24, 2.45) is 0 Å². The first-order valence-electron chi connectivity index (χ1n) is 6.84. The third-order valence-corrected chi connectivity index (χ3v) is 3.91. The Morgan fingerprint density at radius 1 is 1.29 bits per heavy atom. The molecule has 5 nitrogen and oxygen atoms in total. The SMILES string of the molecule is COCCOCCC(=O)NCc1ccsc1-n1cccc1. The van der Waals surface area contributed by atoms with Crippen LogP contribution in [0, 0.1) is 0 Å². The quantitative estimate of drug-likeness (QED) is 0.723. The zero-order chi connectivity index (χ0) is 14.9. The molecule has 0 aliphatic rings. The highest BCUT2D eigenvalue weighted by Crippen LogP contribution is 2.21. The number of hydrogen-bond acceptors (Lipinski definition) is 4. The fourth-order valence-corrected chi connectivity index (χ4v) is 2.75. The number of ether oxygens (including phenoxy) is 2. The third kappa shape index (κ3) is 5.00. The van der Waals surface area contributed by atoms with E-state index in [4.69, 9.17) is 9.47 Å². The van der Waals surface area contributed by atoms with E-state index in [1.54, 1.807) is 18.4 Å². The molecule has 0 unspecified atom stereocenters. The maximum Gasteiger partial charge on any atom is 0.222 e. The average Bonchev–Trinajstić information content (AvgIpc) is 3.15. The summed E-state index contributed by atoms with van der Waals surface area (Å²) < 4.78 is 12.2. The van der Waals surface area contributed by atoms with Crippen molar-refractivity contribution in [3.05, 3.63) is 41.5 Å². The number of amides is 1. The zero-order valence-electron chi connectivity index (χ0n) is 12.1. The summed E-state index contributed by atoms with van der Waals surface area (Å²) in [5.41, 5.74) is 1.12. The summed E-state index contributed by atoms with van der Waals surface area (Å²) in [6.07, 6.45) is 4.37. The van der Waals surface area contributed by atoms with Crippen molar-refractivity contribution in [1.82, 2.24) is 9.88 Å². The number of thiophene rings is 1. The molecule has 1 amide bonds. The van der Waals surface area contributed by atoms with Gasteiger partial charge in [-0.05, 0) is 23.6 Å². The van der Waals surface area contributed by atoms with Gasteiger partial charge in [0.15, 0.2) is 0 Å². The smallest absolute Gasteiger partial charge is 0.222 e. The Morgan fingerprint density at radius 3 is 2.86 bits per heavy atom. The molecule has 0 atom stereocenters. The highest BCUT2D eigenvalue weighted by atomic mass is 32.1. The maximum atomic E-state index is 11.7. The van der Waals surface area contributed by atoms with E-state index in [9.17, 15) is 4.79 Å². The van der Waals surface area contributed by atoms with Gasteiger partial charge in [-0.25, -0.2) is 0 Å². The molecule has 2 heterocycles. The monoisotopic (exact) mass is 308 g/mol. The van der Waals surface area contributed by atoms with Gasteiger partial charge < -0.3 is 19.4 Å². The highest BCUT2D eigenvalue weighted by Gasteiger charge is 2.07. The molecule has 0 aromatic carbocycles. The second-order valence-electron chi connectivity index (χ2n) is 4.47. The van der Waals surface area contributed by atoms with Crippen LogP contribution in [0.2, 0.25) is 0 Å². The van der Waals surface area contributed by atoms with E-state index < -0.39 is 0 Å². The Balaban J connectivity index is 1.73. The summed E-state index contributed by atoms with van der Waals surface area (Å²) in [7, 11) is 1.62. The molecule has 2 aromatic heterocycles. The Morgan fingerprint density at radius 2 is 2.10 bits per heavy atom. The van der Waals surface area contributed by atoms with Gasteiger partial charge in [-0.2, -0.15) is 0 Å². The van der Waals surface area contributed by atoms with Gasteiger partial charge in [0, 0.05) is 38.0 Å². The normalized spacial score (nSPS) is 10.7. The van der Waals surface area contributed by atoms with E-state index in [1.165, 1.54) is 0 Å². The van der Waals surface area contributed by atoms with Gasteiger partial charge in [-0.3, -0.25) is 4.79 Å². The van der Waals surface area contributed by atoms with Crippen LogP contribution in [0.4, 0.5) is 0 Å². The molecule has 0 spiro atoms. The van der Waals surface area contributed by atoms with Crippen LogP contribution < -0.4 is 5.32 Å². The lowest BCUT2D eigenvalue weighted by molar-refractivity contribution is -0.122. The molecule has 6 heteroatoms. The molecule has 0 aliphatic carbocycles. The second kappa shape index (κ2) is 8.61. The van der Waals surface area contributed by atoms with Crippen LogP contribution in [-0.4, -0.2) is 37.4 Å². The van der Waals surface area contributed by atoms with E-state index in [0.29, 0.717) is 32.8 Å². The fraction of sp³-hybridized carbons (Fsp3) is 0.400. The van der Waals surface area contributed by atoms with Gasteiger partial charge in [-0.15, -0.1) is 11.3 Å². The van der Waals surface area contributed by atoms with Crippen molar-refractivity contribution >= 4 is 17.2 Å². The molecule has 0 saturated carbocycles. The number of methoxy groups -OCH3 is 1. The first-order chi connectivity index (χ1) is 10.3. The summed E-state index contributed by atoms with van der Waals surface area (Å²) >= 11 is 1.66. The molecule has 2 rings (SSSR count). The van der Waals surface area contributed by atoms with E-state index in [2.05, 4.69) is 9.88 Å². The zero-order valence-corrected chi connectivity index (χ0v) is 12.9. The molecule has 0 bridgehead atoms. The van der Waals surface area contributed by atoms with Gasteiger partial charge in [0.05, 0.1) is 19.8 Å². The van der Waals surface area contributed by atoms with E-state index in [1.807, 2.05) is 36.0 Å². The average molecular weight is 308 g/mol. The van der Waals surface area contributed by atoms with Crippen molar-refractivity contribution < 1.29 is 14.3 Å². The third-order valence-electron chi connectivity index (χ3n) is 2.94. The number of aromatic nitrogens is 1. The van der Waals surface area contributed by atoms with Crippen LogP contribution in [0.5, 0.6) is 0 Å². The first-order valence-corrected chi connectivity index (χ1v) is 7.72. The van der Waals surface area contributed by atoms with E-state index >= 15 is 0 Å². The number of rotatable bonds is 9. The fourth-order valence-electron chi connectivity index (χ4n) is 1.85. The number of nitrogens with one attached hydrogen (secondary N) is 1. The molecular formula is C15H20N2O3S. The van der Waals surface area contributed by atoms with Crippen LogP contribution in [-0.2, 0) is 20.8 Å². The lowest BCUT2D eigenvalue weighted by Gasteiger charge is -2.08. The van der Waals surface area contributed by atoms with Crippen LogP contribution in [0.15, 0.2) is 36.0 Å². The molecule has 1 N–H and O–H groups in total. The molecule has 0 saturated heterocycles. The van der Waals surface area contributed by atoms with Gasteiger partial charge in [0.25, 0.3) is 0 Å². The highest BCUT2D eigenvalue weighted by molar-refractivity contribution is 7.12. The lowest BCUT2D eigenvalue weighted by Crippen LogP contribution is -2.24. The summed E-state index contributed by atoms with van der Waals surface area (Å²) in [4.78, 5) is 11.7. The molecule has 0 fully saturated rings. The Labute approximate surface area is 128 Å². The molecule has 114 valence electrons. The standard InChI is InChI=1S/C15H20N2O3S/c1-19-9-10-20-8-4-14(18)16-12-13-5-11-21-15(13)17-6-2-3-7-17/h2-3,5-7,11H,4,8-10,12H2,1H3,(H,16,18). The number of carbonyl (C=O) groups excluding carboxylic acids is 1. The van der Waals surface area contributed by atoms with Crippen molar-refractivity contribution in [3.63, 3.8) is 0 Å². The van der Waals surface area contributed by atoms with Crippen molar-refractivity contribution in [3.8, 4) is 5.00 Å². The van der Waals surface area contributed by atoms with E-state index in [0.717, 1.165) is 10.6 Å². The predicted molar refractivity (Wildman–Crippen MR) is 82.8 cm³/mol. The Hall–Kier alpha value is -1.63. The minimum atomic E-state index is -0.00271. The molecule has 0 radical (unpaired) electrons. The molecule has 2 aromatic rings. The van der Waals surface area contributed by atoms with Crippen LogP contribution in [0.3, 0.4) is 0 Å². The van der Waals surface area contributed by atoms with Gasteiger partial charge in [0.2, 0.25) is 5.91 Å². The van der Waals surface area contributed by atoms with Crippen molar-refractivity contribution in [2.75, 3.05) is 26.9 Å². The lowest BCUT2D eigenvalue weighted by atomic mass is 10.3. The molecule has 21 heavy (non-hydrogen) atoms. The van der Waals surface area contributed by atoms with Crippen LogP contribution in [0.1, 0.15) is 12.0 Å². The van der Waals surface area contributed by atoms with Gasteiger partial charge >= 0.3 is 0 Å². The number of nitrogens with zero attached hydrogens (tertiary/aromatic N) is 1. The Kier molecular flexibility index (Phi) is 6.46. The molecular weight excluding hydrogens is 288 g/mol. The van der Waals surface area contributed by atoms with Crippen LogP contribution >= 0.6 is 11.3 Å². The van der Waals surface area contributed by atoms with E-state index in [-0.39, 0.29) is 5.91 Å². The largest absolute Gasteiger partial charge is 0.382 e. The minimum absolute atomic E-state index is 0.00271. The first kappa shape index (κ1) is 15.8. The maximum absolute atomic E-state index is 11.7. The molecule has 0 aliphatic heterocycles. The predicted octanol–water partition coefficient (Wildman–Crippen LogP) is 2.21. The van der Waals surface area contributed by atoms with Crippen molar-refractivity contribution in [2.45, 2.75) is 13.0 Å². The van der Waals surface area contributed by atoms with Crippen molar-refractivity contribution in [1.29, 1.82) is 0 Å². The van der Waals surface area contributed by atoms with Crippen LogP contribution in [0.25, 0.3) is 5.00 Å². The second-order valence-corrected chi connectivity index (χ2v) is 5.37. The Bertz CT molecular complexity index is 537. The summed E-state index contributed by atoms with van der Waals surface area (Å²) in [6, 6.07) is 6.01. The minimum Gasteiger partial charge on any atom is -0.382 e. The topological polar surface area (TPSA) is 52.5 Å². The van der Waals surface area contributed by atoms with Gasteiger partial charge in [-0.1, -0.05) is 0 Å². The number of hydrogen-bond donors (Lipinski definition) is 1. The number of carbonyl (C=O) groups is 1. The summed E-state index contributed by atoms with van der Waals surface area (Å²) in [5, 5.41) is 6.09. The summed E-state index contributed by atoms with van der Waals surface area (Å²) in [6.45, 7) is 2.03.